The van der Waals surface area contributed by atoms with E-state index in [1.807, 2.05) is 6.92 Å². The maximum absolute atomic E-state index is 13.3. The molecule has 1 amide bonds. The van der Waals surface area contributed by atoms with Gasteiger partial charge < -0.3 is 10.1 Å². The Hall–Kier alpha value is -2.42. The lowest BCUT2D eigenvalue weighted by Crippen LogP contribution is -2.34. The van der Waals surface area contributed by atoms with Crippen LogP contribution in [0.25, 0.3) is 10.9 Å². The first-order chi connectivity index (χ1) is 15.8. The topological polar surface area (TPSA) is 73.2 Å². The molecule has 0 aliphatic carbocycles. The molecular weight excluding hydrogens is 465 g/mol. The fourth-order valence-electron chi connectivity index (χ4n) is 3.79. The Morgan fingerprint density at radius 1 is 1.30 bits per heavy atom. The molecule has 0 radical (unpaired) electrons. The predicted octanol–water partition coefficient (Wildman–Crippen LogP) is 4.73. The van der Waals surface area contributed by atoms with E-state index in [0.717, 1.165) is 18.4 Å². The summed E-state index contributed by atoms with van der Waals surface area (Å²) in [6.45, 7) is 4.67. The number of halogens is 2. The van der Waals surface area contributed by atoms with Crippen molar-refractivity contribution in [1.29, 1.82) is 0 Å². The molecule has 33 heavy (non-hydrogen) atoms. The monoisotopic (exact) mass is 489 g/mol. The molecule has 3 aromatic rings. The minimum Gasteiger partial charge on any atom is -0.376 e. The number of fused-ring (bicyclic) bond motifs is 1. The molecule has 3 atom stereocenters. The van der Waals surface area contributed by atoms with Gasteiger partial charge in [0.15, 0.2) is 5.16 Å². The average Bonchev–Trinajstić information content (AvgIpc) is 3.30. The van der Waals surface area contributed by atoms with Crippen molar-refractivity contribution in [3.63, 3.8) is 0 Å². The van der Waals surface area contributed by atoms with Crippen LogP contribution in [0.5, 0.6) is 0 Å². The van der Waals surface area contributed by atoms with E-state index in [1.54, 1.807) is 41.8 Å². The average molecular weight is 490 g/mol. The first-order valence-electron chi connectivity index (χ1n) is 10.9. The summed E-state index contributed by atoms with van der Waals surface area (Å²) in [4.78, 5) is 30.8. The third-order valence-electron chi connectivity index (χ3n) is 5.67. The van der Waals surface area contributed by atoms with Gasteiger partial charge in [-0.1, -0.05) is 35.5 Å². The zero-order valence-corrected chi connectivity index (χ0v) is 20.0. The van der Waals surface area contributed by atoms with Crippen LogP contribution < -0.4 is 10.9 Å². The summed E-state index contributed by atoms with van der Waals surface area (Å²) in [5.74, 6) is -0.533. The third kappa shape index (κ3) is 5.57. The molecule has 1 aliphatic heterocycles. The summed E-state index contributed by atoms with van der Waals surface area (Å²) < 4.78 is 20.5. The molecule has 1 N–H and O–H groups in total. The lowest BCUT2D eigenvalue weighted by atomic mass is 10.1. The molecule has 1 saturated heterocycles. The third-order valence-corrected chi connectivity index (χ3v) is 7.00. The summed E-state index contributed by atoms with van der Waals surface area (Å²) in [7, 11) is 0. The van der Waals surface area contributed by atoms with E-state index in [-0.39, 0.29) is 29.4 Å². The lowest BCUT2D eigenvalue weighted by Gasteiger charge is -2.20. The van der Waals surface area contributed by atoms with Crippen LogP contribution in [-0.4, -0.2) is 33.4 Å². The van der Waals surface area contributed by atoms with Crippen molar-refractivity contribution in [3.05, 3.63) is 69.2 Å². The maximum Gasteiger partial charge on any atom is 0.262 e. The van der Waals surface area contributed by atoms with Gasteiger partial charge in [0.05, 0.1) is 34.8 Å². The molecule has 0 saturated carbocycles. The van der Waals surface area contributed by atoms with Crippen molar-refractivity contribution in [3.8, 4) is 0 Å². The smallest absolute Gasteiger partial charge is 0.262 e. The van der Waals surface area contributed by atoms with Crippen molar-refractivity contribution in [2.75, 3.05) is 6.61 Å². The number of nitrogens with zero attached hydrogens (tertiary/aromatic N) is 2. The number of nitrogens with one attached hydrogen (secondary N) is 1. The van der Waals surface area contributed by atoms with E-state index < -0.39 is 5.25 Å². The molecule has 2 aromatic carbocycles. The van der Waals surface area contributed by atoms with Gasteiger partial charge in [-0.2, -0.15) is 0 Å². The number of thioether (sulfide) groups is 1. The first kappa shape index (κ1) is 23.7. The van der Waals surface area contributed by atoms with Crippen LogP contribution in [0.2, 0.25) is 5.02 Å². The number of amides is 1. The number of hydrogen-bond acceptors (Lipinski definition) is 5. The van der Waals surface area contributed by atoms with Gasteiger partial charge >= 0.3 is 0 Å². The Labute approximate surface area is 200 Å². The minimum absolute atomic E-state index is 0.0590. The van der Waals surface area contributed by atoms with Crippen molar-refractivity contribution >= 4 is 40.2 Å². The maximum atomic E-state index is 13.3. The van der Waals surface area contributed by atoms with E-state index in [4.69, 9.17) is 16.3 Å². The largest absolute Gasteiger partial charge is 0.376 e. The van der Waals surface area contributed by atoms with Crippen LogP contribution in [-0.2, 0) is 16.1 Å². The van der Waals surface area contributed by atoms with Crippen molar-refractivity contribution < 1.29 is 13.9 Å². The molecule has 0 bridgehead atoms. The van der Waals surface area contributed by atoms with Crippen molar-refractivity contribution in [1.82, 2.24) is 14.9 Å². The number of carbonyl (C=O) groups excluding carboxylic acids is 1. The molecule has 1 aliphatic rings. The molecule has 0 spiro atoms. The number of aromatic nitrogens is 2. The number of ether oxygens (including phenoxy) is 1. The zero-order chi connectivity index (χ0) is 23.5. The predicted molar refractivity (Wildman–Crippen MR) is 128 cm³/mol. The number of carbonyl (C=O) groups is 1. The fourth-order valence-corrected chi connectivity index (χ4v) is 4.89. The second-order valence-corrected chi connectivity index (χ2v) is 9.89. The normalized spacial score (nSPS) is 17.8. The van der Waals surface area contributed by atoms with Gasteiger partial charge in [0, 0.05) is 11.6 Å². The highest BCUT2D eigenvalue weighted by atomic mass is 35.5. The molecule has 2 heterocycles. The van der Waals surface area contributed by atoms with Crippen LogP contribution in [0.3, 0.4) is 0 Å². The molecule has 174 valence electrons. The van der Waals surface area contributed by atoms with Gasteiger partial charge in [0.1, 0.15) is 5.82 Å². The first-order valence-corrected chi connectivity index (χ1v) is 12.1. The Morgan fingerprint density at radius 2 is 2.06 bits per heavy atom. The van der Waals surface area contributed by atoms with Crippen LogP contribution in [0.4, 0.5) is 4.39 Å². The molecule has 9 heteroatoms. The Kier molecular flexibility index (Phi) is 7.36. The molecule has 6 nitrogen and oxygen atoms in total. The zero-order valence-electron chi connectivity index (χ0n) is 18.4. The molecule has 1 fully saturated rings. The highest BCUT2D eigenvalue weighted by molar-refractivity contribution is 8.00. The van der Waals surface area contributed by atoms with Crippen LogP contribution in [0.15, 0.2) is 52.4 Å². The van der Waals surface area contributed by atoms with Gasteiger partial charge in [0.25, 0.3) is 5.56 Å². The summed E-state index contributed by atoms with van der Waals surface area (Å²) in [5.41, 5.74) is 1.11. The second-order valence-electron chi connectivity index (χ2n) is 8.15. The summed E-state index contributed by atoms with van der Waals surface area (Å²) in [5, 5.41) is 3.83. The Balaban J connectivity index is 1.58. The van der Waals surface area contributed by atoms with Crippen LogP contribution in [0, 0.1) is 5.82 Å². The van der Waals surface area contributed by atoms with Crippen molar-refractivity contribution in [2.24, 2.45) is 0 Å². The summed E-state index contributed by atoms with van der Waals surface area (Å²) >= 11 is 7.34. The number of benzene rings is 2. The van der Waals surface area contributed by atoms with Gasteiger partial charge in [-0.15, -0.1) is 0 Å². The van der Waals surface area contributed by atoms with E-state index in [0.29, 0.717) is 34.2 Å². The molecular formula is C24H25ClFN3O3S. The quantitative estimate of drug-likeness (QED) is 0.384. The number of rotatable bonds is 7. The van der Waals surface area contributed by atoms with Crippen LogP contribution >= 0.6 is 23.4 Å². The fraction of sp³-hybridized carbons (Fsp3) is 0.375. The van der Waals surface area contributed by atoms with Gasteiger partial charge in [-0.25, -0.2) is 9.37 Å². The Bertz CT molecular complexity index is 1210. The SMILES string of the molecule is C[C@H](Sc1nc2cc(Cl)ccc2c(=O)n1C[C@@H]1CCCO1)C(=O)N[C@@H](C)c1ccc(F)cc1. The molecule has 0 unspecified atom stereocenters. The minimum atomic E-state index is -0.521. The highest BCUT2D eigenvalue weighted by Crippen LogP contribution is 2.26. The van der Waals surface area contributed by atoms with Gasteiger partial charge in [-0.05, 0) is 62.6 Å². The molecule has 1 aromatic heterocycles. The second kappa shape index (κ2) is 10.2. The number of hydrogen-bond donors (Lipinski definition) is 1. The van der Waals surface area contributed by atoms with Crippen molar-refractivity contribution in [2.45, 2.75) is 55.8 Å². The lowest BCUT2D eigenvalue weighted by molar-refractivity contribution is -0.120. The van der Waals surface area contributed by atoms with E-state index >= 15 is 0 Å². The Morgan fingerprint density at radius 3 is 2.76 bits per heavy atom. The van der Waals surface area contributed by atoms with E-state index in [1.165, 1.54) is 23.9 Å². The molecule has 4 rings (SSSR count). The summed E-state index contributed by atoms with van der Waals surface area (Å²) in [6.07, 6.45) is 1.77. The standard InChI is InChI=1S/C24H25ClFN3O3S/c1-14(16-5-8-18(26)9-6-16)27-22(30)15(2)33-24-28-21-12-17(25)7-10-20(21)23(31)29(24)13-19-4-3-11-32-19/h5-10,12,14-15,19H,3-4,11,13H2,1-2H3,(H,27,30)/t14-,15-,19-/m0/s1. The van der Waals surface area contributed by atoms with E-state index in [9.17, 15) is 14.0 Å². The van der Waals surface area contributed by atoms with Gasteiger partial charge in [-0.3, -0.25) is 14.2 Å². The van der Waals surface area contributed by atoms with Gasteiger partial charge in [0.2, 0.25) is 5.91 Å². The van der Waals surface area contributed by atoms with Crippen LogP contribution in [0.1, 0.15) is 38.3 Å². The summed E-state index contributed by atoms with van der Waals surface area (Å²) in [6, 6.07) is 10.7. The van der Waals surface area contributed by atoms with E-state index in [2.05, 4.69) is 10.3 Å². The highest BCUT2D eigenvalue weighted by Gasteiger charge is 2.24.